The molecule has 2 N–H and O–H groups in total. The van der Waals surface area contributed by atoms with E-state index in [1.54, 1.807) is 0 Å². The molecule has 0 aliphatic carbocycles. The van der Waals surface area contributed by atoms with Gasteiger partial charge in [-0.15, -0.1) is 10.2 Å². The van der Waals surface area contributed by atoms with Crippen LogP contribution in [0.1, 0.15) is 35.7 Å². The Labute approximate surface area is 153 Å². The number of hydrogen-bond donors (Lipinski definition) is 2. The van der Waals surface area contributed by atoms with E-state index in [9.17, 15) is 4.79 Å². The summed E-state index contributed by atoms with van der Waals surface area (Å²) in [6, 6.07) is 16.9. The molecule has 2 aromatic carbocycles. The average Bonchev–Trinajstić information content (AvgIpc) is 3.00. The maximum atomic E-state index is 12.6. The van der Waals surface area contributed by atoms with Crippen LogP contribution in [0, 0.1) is 6.92 Å². The molecular formula is C20H23N5O. The predicted molar refractivity (Wildman–Crippen MR) is 102 cm³/mol. The minimum atomic E-state index is -0.391. The first-order valence-corrected chi connectivity index (χ1v) is 8.65. The zero-order valence-electron chi connectivity index (χ0n) is 15.2. The number of aryl methyl sites for hydroxylation is 2. The van der Waals surface area contributed by atoms with E-state index in [0.717, 1.165) is 23.5 Å². The Kier molecular flexibility index (Phi) is 5.31. The van der Waals surface area contributed by atoms with Crippen LogP contribution in [0.2, 0.25) is 0 Å². The van der Waals surface area contributed by atoms with Crippen LogP contribution in [0.15, 0.2) is 54.6 Å². The summed E-state index contributed by atoms with van der Waals surface area (Å²) in [5.74, 6) is 1.48. The van der Waals surface area contributed by atoms with Crippen molar-refractivity contribution in [2.45, 2.75) is 26.3 Å². The number of benzene rings is 2. The Morgan fingerprint density at radius 2 is 1.77 bits per heavy atom. The second-order valence-electron chi connectivity index (χ2n) is 6.16. The number of aromatic nitrogens is 3. The molecule has 0 spiro atoms. The third-order valence-electron chi connectivity index (χ3n) is 4.41. The summed E-state index contributed by atoms with van der Waals surface area (Å²) < 4.78 is 1.88. The van der Waals surface area contributed by atoms with Gasteiger partial charge in [0, 0.05) is 12.7 Å². The Bertz CT molecular complexity index is 871. The number of carbonyl (C=O) groups is 1. The van der Waals surface area contributed by atoms with Gasteiger partial charge in [0.2, 0.25) is 0 Å². The van der Waals surface area contributed by atoms with Crippen LogP contribution in [0.4, 0.5) is 10.5 Å². The van der Waals surface area contributed by atoms with E-state index in [4.69, 9.17) is 0 Å². The number of rotatable bonds is 5. The number of nitrogens with one attached hydrogen (secondary N) is 2. The number of carbonyl (C=O) groups excluding carboxylic acids is 1. The van der Waals surface area contributed by atoms with Crippen LogP contribution in [0.3, 0.4) is 0 Å². The van der Waals surface area contributed by atoms with Gasteiger partial charge in [0.1, 0.15) is 11.9 Å². The lowest BCUT2D eigenvalue weighted by Crippen LogP contribution is -2.34. The van der Waals surface area contributed by atoms with Gasteiger partial charge in [-0.25, -0.2) is 4.79 Å². The highest BCUT2D eigenvalue weighted by molar-refractivity contribution is 5.89. The van der Waals surface area contributed by atoms with Gasteiger partial charge in [0.25, 0.3) is 0 Å². The van der Waals surface area contributed by atoms with Gasteiger partial charge in [-0.05, 0) is 36.6 Å². The van der Waals surface area contributed by atoms with Gasteiger partial charge in [-0.3, -0.25) is 0 Å². The Morgan fingerprint density at radius 3 is 2.35 bits per heavy atom. The van der Waals surface area contributed by atoms with Crippen molar-refractivity contribution in [2.24, 2.45) is 7.05 Å². The number of amides is 2. The van der Waals surface area contributed by atoms with Crippen molar-refractivity contribution in [2.75, 3.05) is 5.32 Å². The van der Waals surface area contributed by atoms with Gasteiger partial charge < -0.3 is 15.2 Å². The van der Waals surface area contributed by atoms with Crippen LogP contribution >= 0.6 is 0 Å². The minimum Gasteiger partial charge on any atom is -0.324 e. The first-order valence-electron chi connectivity index (χ1n) is 8.65. The predicted octanol–water partition coefficient (Wildman–Crippen LogP) is 3.60. The van der Waals surface area contributed by atoms with Gasteiger partial charge in [-0.2, -0.15) is 0 Å². The molecule has 0 aliphatic rings. The minimum absolute atomic E-state index is 0.288. The number of urea groups is 1. The average molecular weight is 349 g/mol. The zero-order valence-corrected chi connectivity index (χ0v) is 15.2. The fraction of sp³-hybridized carbons (Fsp3) is 0.250. The van der Waals surface area contributed by atoms with Crippen LogP contribution in [0.5, 0.6) is 0 Å². The summed E-state index contributed by atoms with van der Waals surface area (Å²) in [6.45, 7) is 3.98. The van der Waals surface area contributed by atoms with Crippen molar-refractivity contribution in [1.29, 1.82) is 0 Å². The van der Waals surface area contributed by atoms with E-state index in [2.05, 4.69) is 27.8 Å². The molecule has 1 aromatic heterocycles. The van der Waals surface area contributed by atoms with Crippen molar-refractivity contribution in [3.63, 3.8) is 0 Å². The van der Waals surface area contributed by atoms with Crippen LogP contribution in [-0.4, -0.2) is 20.8 Å². The van der Waals surface area contributed by atoms with Crippen LogP contribution < -0.4 is 10.6 Å². The number of hydrogen-bond acceptors (Lipinski definition) is 3. The summed E-state index contributed by atoms with van der Waals surface area (Å²) in [5.41, 5.74) is 2.92. The molecule has 0 bridgehead atoms. The molecule has 3 rings (SSSR count). The molecule has 0 aliphatic heterocycles. The second kappa shape index (κ2) is 7.82. The fourth-order valence-electron chi connectivity index (χ4n) is 2.74. The van der Waals surface area contributed by atoms with E-state index >= 15 is 0 Å². The largest absolute Gasteiger partial charge is 0.324 e. The monoisotopic (exact) mass is 349 g/mol. The molecule has 0 saturated carbocycles. The van der Waals surface area contributed by atoms with Crippen molar-refractivity contribution >= 4 is 11.7 Å². The van der Waals surface area contributed by atoms with E-state index in [1.807, 2.05) is 73.1 Å². The van der Waals surface area contributed by atoms with E-state index < -0.39 is 6.04 Å². The summed E-state index contributed by atoms with van der Waals surface area (Å²) in [4.78, 5) is 12.6. The maximum Gasteiger partial charge on any atom is 0.320 e. The van der Waals surface area contributed by atoms with Gasteiger partial charge in [0.05, 0.1) is 0 Å². The molecule has 2 amide bonds. The van der Waals surface area contributed by atoms with E-state index in [1.165, 1.54) is 5.56 Å². The van der Waals surface area contributed by atoms with Crippen molar-refractivity contribution < 1.29 is 4.79 Å². The third kappa shape index (κ3) is 3.91. The molecule has 0 unspecified atom stereocenters. The zero-order chi connectivity index (χ0) is 18.5. The van der Waals surface area contributed by atoms with Gasteiger partial charge in [0.15, 0.2) is 5.82 Å². The lowest BCUT2D eigenvalue weighted by atomic mass is 10.1. The number of nitrogens with zero attached hydrogens (tertiary/aromatic N) is 3. The highest BCUT2D eigenvalue weighted by atomic mass is 16.2. The second-order valence-corrected chi connectivity index (χ2v) is 6.16. The summed E-state index contributed by atoms with van der Waals surface area (Å²) in [7, 11) is 1.89. The highest BCUT2D eigenvalue weighted by Crippen LogP contribution is 2.21. The topological polar surface area (TPSA) is 71.8 Å². The molecule has 26 heavy (non-hydrogen) atoms. The lowest BCUT2D eigenvalue weighted by molar-refractivity contribution is 0.249. The first-order chi connectivity index (χ1) is 12.6. The Hall–Kier alpha value is -3.15. The Morgan fingerprint density at radius 1 is 1.08 bits per heavy atom. The Balaban J connectivity index is 1.81. The SMILES string of the molecule is CCc1ccc(NC(=O)N[C@H](c2ccccc2)c2nnc(C)n2C)cc1. The van der Waals surface area contributed by atoms with Gasteiger partial charge in [-0.1, -0.05) is 49.4 Å². The summed E-state index contributed by atoms with van der Waals surface area (Å²) in [5, 5.41) is 14.2. The van der Waals surface area contributed by atoms with Crippen molar-refractivity contribution in [3.05, 3.63) is 77.4 Å². The molecule has 1 heterocycles. The molecule has 1 atom stereocenters. The molecule has 6 heteroatoms. The molecule has 6 nitrogen and oxygen atoms in total. The molecule has 0 fully saturated rings. The molecular weight excluding hydrogens is 326 g/mol. The number of anilines is 1. The van der Waals surface area contributed by atoms with Crippen molar-refractivity contribution in [1.82, 2.24) is 20.1 Å². The smallest absolute Gasteiger partial charge is 0.320 e. The van der Waals surface area contributed by atoms with E-state index in [0.29, 0.717) is 5.82 Å². The normalized spacial score (nSPS) is 11.8. The van der Waals surface area contributed by atoms with Crippen LogP contribution in [0.25, 0.3) is 0 Å². The first kappa shape index (κ1) is 17.7. The third-order valence-corrected chi connectivity index (χ3v) is 4.41. The lowest BCUT2D eigenvalue weighted by Gasteiger charge is -2.19. The summed E-state index contributed by atoms with van der Waals surface area (Å²) in [6.07, 6.45) is 0.966. The van der Waals surface area contributed by atoms with Crippen molar-refractivity contribution in [3.8, 4) is 0 Å². The standard InChI is InChI=1S/C20H23N5O/c1-4-15-10-12-17(13-11-15)21-20(26)22-18(16-8-6-5-7-9-16)19-24-23-14(2)25(19)3/h5-13,18H,4H2,1-3H3,(H2,21,22,26)/t18-/m1/s1. The summed E-state index contributed by atoms with van der Waals surface area (Å²) >= 11 is 0. The quantitative estimate of drug-likeness (QED) is 0.739. The van der Waals surface area contributed by atoms with E-state index in [-0.39, 0.29) is 6.03 Å². The molecule has 0 saturated heterocycles. The molecule has 134 valence electrons. The van der Waals surface area contributed by atoms with Gasteiger partial charge >= 0.3 is 6.03 Å². The van der Waals surface area contributed by atoms with Crippen LogP contribution in [-0.2, 0) is 13.5 Å². The molecule has 3 aromatic rings. The molecule has 0 radical (unpaired) electrons. The fourth-order valence-corrected chi connectivity index (χ4v) is 2.74. The maximum absolute atomic E-state index is 12.6. The highest BCUT2D eigenvalue weighted by Gasteiger charge is 2.22.